The van der Waals surface area contributed by atoms with Crippen LogP contribution in [0.4, 0.5) is 0 Å². The molecule has 0 saturated carbocycles. The molecule has 2 aliphatic rings. The molecule has 0 spiro atoms. The molecular weight excluding hydrogens is 288 g/mol. The summed E-state index contributed by atoms with van der Waals surface area (Å²) >= 11 is 0. The number of hydrogen-bond acceptors (Lipinski definition) is 3. The van der Waals surface area contributed by atoms with Crippen molar-refractivity contribution in [2.75, 3.05) is 26.2 Å². The average molecular weight is 316 g/mol. The van der Waals surface area contributed by atoms with Gasteiger partial charge in [-0.25, -0.2) is 0 Å². The molecule has 1 amide bonds. The van der Waals surface area contributed by atoms with Gasteiger partial charge in [-0.05, 0) is 61.8 Å². The first-order chi connectivity index (χ1) is 11.3. The summed E-state index contributed by atoms with van der Waals surface area (Å²) in [5.41, 5.74) is 9.56. The molecule has 4 heteroatoms. The molecule has 1 aromatic carbocycles. The van der Waals surface area contributed by atoms with Crippen LogP contribution in [0.2, 0.25) is 0 Å². The van der Waals surface area contributed by atoms with Gasteiger partial charge in [0.1, 0.15) is 0 Å². The van der Waals surface area contributed by atoms with Gasteiger partial charge >= 0.3 is 0 Å². The lowest BCUT2D eigenvalue weighted by Gasteiger charge is -2.32. The monoisotopic (exact) mass is 316 g/mol. The Labute approximate surface area is 139 Å². The van der Waals surface area contributed by atoms with Gasteiger partial charge in [-0.15, -0.1) is 0 Å². The smallest absolute Gasteiger partial charge is 0.226 e. The van der Waals surface area contributed by atoms with E-state index in [1.807, 2.05) is 4.90 Å². The highest BCUT2D eigenvalue weighted by atomic mass is 16.5. The average Bonchev–Trinajstić information content (AvgIpc) is 3.03. The van der Waals surface area contributed by atoms with Crippen LogP contribution < -0.4 is 5.73 Å². The Balaban J connectivity index is 1.46. The van der Waals surface area contributed by atoms with Gasteiger partial charge in [-0.2, -0.15) is 0 Å². The molecule has 0 radical (unpaired) electrons. The van der Waals surface area contributed by atoms with Crippen LogP contribution in [0.15, 0.2) is 18.2 Å². The molecule has 126 valence electrons. The second kappa shape index (κ2) is 7.93. The topological polar surface area (TPSA) is 55.6 Å². The van der Waals surface area contributed by atoms with Gasteiger partial charge in [0, 0.05) is 19.7 Å². The highest BCUT2D eigenvalue weighted by molar-refractivity contribution is 5.79. The van der Waals surface area contributed by atoms with E-state index in [1.54, 1.807) is 0 Å². The summed E-state index contributed by atoms with van der Waals surface area (Å²) in [7, 11) is 0. The lowest BCUT2D eigenvalue weighted by molar-refractivity contribution is -0.133. The van der Waals surface area contributed by atoms with E-state index in [0.717, 1.165) is 44.5 Å². The van der Waals surface area contributed by atoms with E-state index in [4.69, 9.17) is 10.5 Å². The Bertz CT molecular complexity index is 536. The standard InChI is InChI=1S/C19H28N2O2/c20-9-2-12-23-18-7-10-21(11-8-18)19(22)14-15-5-6-16-3-1-4-17(16)13-15/h5-6,13,18H,1-4,7-12,14,20H2. The molecule has 0 unspecified atom stereocenters. The molecule has 3 rings (SSSR count). The number of carbonyl (C=O) groups excluding carboxylic acids is 1. The second-order valence-electron chi connectivity index (χ2n) is 6.73. The first-order valence-corrected chi connectivity index (χ1v) is 8.96. The number of piperidine rings is 1. The van der Waals surface area contributed by atoms with Gasteiger partial charge in [0.2, 0.25) is 5.91 Å². The molecule has 0 atom stereocenters. The number of aryl methyl sites for hydroxylation is 2. The first kappa shape index (κ1) is 16.5. The number of amides is 1. The summed E-state index contributed by atoms with van der Waals surface area (Å²) in [6, 6.07) is 6.58. The number of benzene rings is 1. The van der Waals surface area contributed by atoms with Gasteiger partial charge < -0.3 is 15.4 Å². The summed E-state index contributed by atoms with van der Waals surface area (Å²) in [6.07, 6.45) is 7.25. The highest BCUT2D eigenvalue weighted by Crippen LogP contribution is 2.23. The van der Waals surface area contributed by atoms with E-state index in [0.29, 0.717) is 19.1 Å². The van der Waals surface area contributed by atoms with Gasteiger partial charge in [0.15, 0.2) is 0 Å². The predicted octanol–water partition coefficient (Wildman–Crippen LogP) is 2.07. The molecule has 0 bridgehead atoms. The van der Waals surface area contributed by atoms with Crippen molar-refractivity contribution in [2.24, 2.45) is 5.73 Å². The summed E-state index contributed by atoms with van der Waals surface area (Å²) in [5, 5.41) is 0. The second-order valence-corrected chi connectivity index (χ2v) is 6.73. The number of hydrogen-bond donors (Lipinski definition) is 1. The fraction of sp³-hybridized carbons (Fsp3) is 0.632. The third-order valence-corrected chi connectivity index (χ3v) is 5.01. The zero-order valence-electron chi connectivity index (χ0n) is 13.9. The summed E-state index contributed by atoms with van der Waals surface area (Å²) < 4.78 is 5.80. The lowest BCUT2D eigenvalue weighted by Crippen LogP contribution is -2.41. The number of likely N-dealkylation sites (tertiary alicyclic amines) is 1. The molecule has 4 nitrogen and oxygen atoms in total. The maximum atomic E-state index is 12.5. The van der Waals surface area contributed by atoms with Crippen LogP contribution in [-0.4, -0.2) is 43.2 Å². The lowest BCUT2D eigenvalue weighted by atomic mass is 10.0. The molecule has 2 N–H and O–H groups in total. The minimum atomic E-state index is 0.253. The largest absolute Gasteiger partial charge is 0.378 e. The van der Waals surface area contributed by atoms with Crippen molar-refractivity contribution in [1.82, 2.24) is 4.90 Å². The number of nitrogens with two attached hydrogens (primary N) is 1. The molecule has 1 aromatic rings. The molecular formula is C19H28N2O2. The van der Waals surface area contributed by atoms with Crippen molar-refractivity contribution >= 4 is 5.91 Å². The van der Waals surface area contributed by atoms with Crippen molar-refractivity contribution in [3.8, 4) is 0 Å². The molecule has 1 heterocycles. The van der Waals surface area contributed by atoms with Crippen LogP contribution in [-0.2, 0) is 28.8 Å². The number of rotatable bonds is 6. The zero-order valence-corrected chi connectivity index (χ0v) is 13.9. The Morgan fingerprint density at radius 3 is 2.78 bits per heavy atom. The summed E-state index contributed by atoms with van der Waals surface area (Å²) in [4.78, 5) is 14.5. The van der Waals surface area contributed by atoms with Crippen molar-refractivity contribution in [3.63, 3.8) is 0 Å². The zero-order chi connectivity index (χ0) is 16.1. The van der Waals surface area contributed by atoms with Crippen molar-refractivity contribution in [3.05, 3.63) is 34.9 Å². The Kier molecular flexibility index (Phi) is 5.68. The minimum absolute atomic E-state index is 0.253. The quantitative estimate of drug-likeness (QED) is 0.818. The molecule has 1 aliphatic carbocycles. The maximum Gasteiger partial charge on any atom is 0.226 e. The Morgan fingerprint density at radius 1 is 1.22 bits per heavy atom. The van der Waals surface area contributed by atoms with Crippen molar-refractivity contribution < 1.29 is 9.53 Å². The predicted molar refractivity (Wildman–Crippen MR) is 91.4 cm³/mol. The molecule has 1 aliphatic heterocycles. The maximum absolute atomic E-state index is 12.5. The third kappa shape index (κ3) is 4.33. The van der Waals surface area contributed by atoms with E-state index in [9.17, 15) is 4.79 Å². The number of carbonyl (C=O) groups is 1. The van der Waals surface area contributed by atoms with Gasteiger partial charge in [0.05, 0.1) is 12.5 Å². The van der Waals surface area contributed by atoms with Gasteiger partial charge in [0.25, 0.3) is 0 Å². The van der Waals surface area contributed by atoms with Crippen LogP contribution in [0.1, 0.15) is 42.4 Å². The summed E-state index contributed by atoms with van der Waals surface area (Å²) in [6.45, 7) is 3.05. The highest BCUT2D eigenvalue weighted by Gasteiger charge is 2.23. The molecule has 1 fully saturated rings. The number of ether oxygens (including phenoxy) is 1. The first-order valence-electron chi connectivity index (χ1n) is 8.96. The molecule has 23 heavy (non-hydrogen) atoms. The number of nitrogens with zero attached hydrogens (tertiary/aromatic N) is 1. The Morgan fingerprint density at radius 2 is 2.00 bits per heavy atom. The van der Waals surface area contributed by atoms with Gasteiger partial charge in [-0.1, -0.05) is 18.2 Å². The van der Waals surface area contributed by atoms with Crippen LogP contribution in [0.5, 0.6) is 0 Å². The van der Waals surface area contributed by atoms with Gasteiger partial charge in [-0.3, -0.25) is 4.79 Å². The van der Waals surface area contributed by atoms with Crippen LogP contribution >= 0.6 is 0 Å². The molecule has 0 aromatic heterocycles. The van der Waals surface area contributed by atoms with E-state index in [1.165, 1.54) is 30.4 Å². The summed E-state index contributed by atoms with van der Waals surface area (Å²) in [5.74, 6) is 0.253. The van der Waals surface area contributed by atoms with Crippen LogP contribution in [0, 0.1) is 0 Å². The SMILES string of the molecule is NCCCOC1CCN(C(=O)Cc2ccc3c(c2)CCC3)CC1. The Hall–Kier alpha value is -1.39. The van der Waals surface area contributed by atoms with Crippen LogP contribution in [0.3, 0.4) is 0 Å². The normalized spacial score (nSPS) is 18.2. The number of fused-ring (bicyclic) bond motifs is 1. The molecule has 1 saturated heterocycles. The van der Waals surface area contributed by atoms with E-state index in [2.05, 4.69) is 18.2 Å². The van der Waals surface area contributed by atoms with Crippen LogP contribution in [0.25, 0.3) is 0 Å². The fourth-order valence-corrected chi connectivity index (χ4v) is 3.63. The third-order valence-electron chi connectivity index (χ3n) is 5.01. The fourth-order valence-electron chi connectivity index (χ4n) is 3.63. The van der Waals surface area contributed by atoms with Crippen molar-refractivity contribution in [2.45, 2.75) is 51.0 Å². The van der Waals surface area contributed by atoms with E-state index >= 15 is 0 Å². The van der Waals surface area contributed by atoms with Crippen molar-refractivity contribution in [1.29, 1.82) is 0 Å². The van der Waals surface area contributed by atoms with E-state index < -0.39 is 0 Å². The van der Waals surface area contributed by atoms with E-state index in [-0.39, 0.29) is 5.91 Å². The minimum Gasteiger partial charge on any atom is -0.378 e.